The SMILES string of the molecule is CC(NC1CCOC2(CCOC2)C1)C(C)(C)C. The minimum atomic E-state index is 0.0214. The molecule has 0 aromatic rings. The van der Waals surface area contributed by atoms with Crippen molar-refractivity contribution in [2.75, 3.05) is 19.8 Å². The fraction of sp³-hybridized carbons (Fsp3) is 1.00. The van der Waals surface area contributed by atoms with E-state index in [9.17, 15) is 0 Å². The Morgan fingerprint density at radius 2 is 2.06 bits per heavy atom. The lowest BCUT2D eigenvalue weighted by Gasteiger charge is -2.40. The highest BCUT2D eigenvalue weighted by Crippen LogP contribution is 2.33. The summed E-state index contributed by atoms with van der Waals surface area (Å²) in [5.41, 5.74) is 0.338. The Kier molecular flexibility index (Phi) is 3.81. The molecule has 1 N–H and O–H groups in total. The van der Waals surface area contributed by atoms with Crippen LogP contribution in [0, 0.1) is 5.41 Å². The van der Waals surface area contributed by atoms with Crippen molar-refractivity contribution in [3.05, 3.63) is 0 Å². The van der Waals surface area contributed by atoms with Gasteiger partial charge in [-0.25, -0.2) is 0 Å². The molecule has 2 rings (SSSR count). The molecular formula is C14H27NO2. The van der Waals surface area contributed by atoms with Gasteiger partial charge in [0.05, 0.1) is 12.2 Å². The van der Waals surface area contributed by atoms with Gasteiger partial charge in [0, 0.05) is 31.7 Å². The number of rotatable bonds is 2. The van der Waals surface area contributed by atoms with E-state index < -0.39 is 0 Å². The van der Waals surface area contributed by atoms with Crippen LogP contribution >= 0.6 is 0 Å². The zero-order valence-corrected chi connectivity index (χ0v) is 11.7. The molecular weight excluding hydrogens is 214 g/mol. The lowest BCUT2D eigenvalue weighted by Crippen LogP contribution is -2.52. The molecule has 2 aliphatic rings. The largest absolute Gasteiger partial charge is 0.378 e. The van der Waals surface area contributed by atoms with Crippen molar-refractivity contribution < 1.29 is 9.47 Å². The first-order valence-corrected chi connectivity index (χ1v) is 6.89. The topological polar surface area (TPSA) is 30.5 Å². The maximum atomic E-state index is 5.96. The van der Waals surface area contributed by atoms with Gasteiger partial charge in [-0.1, -0.05) is 20.8 Å². The summed E-state index contributed by atoms with van der Waals surface area (Å²) < 4.78 is 11.5. The highest BCUT2D eigenvalue weighted by Gasteiger charge is 2.41. The maximum Gasteiger partial charge on any atom is 0.0951 e. The Morgan fingerprint density at radius 3 is 2.65 bits per heavy atom. The summed E-state index contributed by atoms with van der Waals surface area (Å²) in [6.07, 6.45) is 3.30. The van der Waals surface area contributed by atoms with Crippen molar-refractivity contribution in [3.8, 4) is 0 Å². The Bertz CT molecular complexity index is 253. The summed E-state index contributed by atoms with van der Waals surface area (Å²) >= 11 is 0. The van der Waals surface area contributed by atoms with Gasteiger partial charge in [0.1, 0.15) is 0 Å². The molecule has 0 amide bonds. The van der Waals surface area contributed by atoms with E-state index in [1.165, 1.54) is 0 Å². The Balaban J connectivity index is 1.89. The average Bonchev–Trinajstić information content (AvgIpc) is 2.65. The van der Waals surface area contributed by atoms with Gasteiger partial charge in [0.25, 0.3) is 0 Å². The summed E-state index contributed by atoms with van der Waals surface area (Å²) in [5.74, 6) is 0. The lowest BCUT2D eigenvalue weighted by molar-refractivity contribution is -0.0912. The highest BCUT2D eigenvalue weighted by molar-refractivity contribution is 4.94. The molecule has 3 nitrogen and oxygen atoms in total. The standard InChI is InChI=1S/C14H27NO2/c1-11(13(2,3)4)15-12-5-7-17-14(9-12)6-8-16-10-14/h11-12,15H,5-10H2,1-4H3. The van der Waals surface area contributed by atoms with Crippen LogP contribution in [0.3, 0.4) is 0 Å². The molecule has 0 aromatic heterocycles. The van der Waals surface area contributed by atoms with Crippen molar-refractivity contribution in [3.63, 3.8) is 0 Å². The quantitative estimate of drug-likeness (QED) is 0.805. The van der Waals surface area contributed by atoms with E-state index in [-0.39, 0.29) is 5.60 Å². The molecule has 0 aromatic carbocycles. The third-order valence-corrected chi connectivity index (χ3v) is 4.34. The number of hydrogen-bond donors (Lipinski definition) is 1. The molecule has 1 spiro atoms. The molecule has 3 unspecified atom stereocenters. The molecule has 3 heteroatoms. The molecule has 17 heavy (non-hydrogen) atoms. The minimum Gasteiger partial charge on any atom is -0.378 e. The van der Waals surface area contributed by atoms with Crippen LogP contribution in [0.1, 0.15) is 47.0 Å². The minimum absolute atomic E-state index is 0.0214. The molecule has 2 fully saturated rings. The summed E-state index contributed by atoms with van der Waals surface area (Å²) in [6, 6.07) is 1.12. The molecule has 0 aliphatic carbocycles. The maximum absolute atomic E-state index is 5.96. The third kappa shape index (κ3) is 3.21. The zero-order chi connectivity index (χ0) is 12.5. The zero-order valence-electron chi connectivity index (χ0n) is 11.7. The molecule has 3 atom stereocenters. The van der Waals surface area contributed by atoms with Gasteiger partial charge in [-0.15, -0.1) is 0 Å². The van der Waals surface area contributed by atoms with E-state index in [2.05, 4.69) is 33.0 Å². The molecule has 2 aliphatic heterocycles. The predicted molar refractivity (Wildman–Crippen MR) is 69.2 cm³/mol. The second kappa shape index (κ2) is 4.87. The van der Waals surface area contributed by atoms with Crippen LogP contribution in [0.25, 0.3) is 0 Å². The fourth-order valence-electron chi connectivity index (χ4n) is 2.64. The van der Waals surface area contributed by atoms with E-state index in [4.69, 9.17) is 9.47 Å². The average molecular weight is 241 g/mol. The van der Waals surface area contributed by atoms with E-state index in [0.29, 0.717) is 17.5 Å². The molecule has 2 saturated heterocycles. The number of hydrogen-bond acceptors (Lipinski definition) is 3. The van der Waals surface area contributed by atoms with Gasteiger partial charge in [-0.3, -0.25) is 0 Å². The first-order valence-electron chi connectivity index (χ1n) is 6.89. The molecule has 100 valence electrons. The second-order valence-corrected chi connectivity index (χ2v) is 6.78. The molecule has 0 saturated carbocycles. The summed E-state index contributed by atoms with van der Waals surface area (Å²) in [7, 11) is 0. The van der Waals surface area contributed by atoms with Crippen LogP contribution in [0.5, 0.6) is 0 Å². The van der Waals surface area contributed by atoms with E-state index >= 15 is 0 Å². The van der Waals surface area contributed by atoms with E-state index in [1.54, 1.807) is 0 Å². The Morgan fingerprint density at radius 1 is 1.29 bits per heavy atom. The van der Waals surface area contributed by atoms with Crippen LogP contribution in [0.15, 0.2) is 0 Å². The van der Waals surface area contributed by atoms with Crippen LogP contribution in [0.4, 0.5) is 0 Å². The van der Waals surface area contributed by atoms with Gasteiger partial charge in [0.2, 0.25) is 0 Å². The van der Waals surface area contributed by atoms with Gasteiger partial charge in [0.15, 0.2) is 0 Å². The van der Waals surface area contributed by atoms with Crippen molar-refractivity contribution in [1.82, 2.24) is 5.32 Å². The van der Waals surface area contributed by atoms with Crippen LogP contribution in [-0.2, 0) is 9.47 Å². The molecule has 0 radical (unpaired) electrons. The van der Waals surface area contributed by atoms with Gasteiger partial charge in [-0.2, -0.15) is 0 Å². The first kappa shape index (κ1) is 13.3. The highest BCUT2D eigenvalue weighted by atomic mass is 16.6. The Labute approximate surface area is 105 Å². The predicted octanol–water partition coefficient (Wildman–Crippen LogP) is 2.35. The third-order valence-electron chi connectivity index (χ3n) is 4.34. The fourth-order valence-corrected chi connectivity index (χ4v) is 2.64. The molecule has 0 bridgehead atoms. The van der Waals surface area contributed by atoms with Crippen LogP contribution in [0.2, 0.25) is 0 Å². The Hall–Kier alpha value is -0.120. The van der Waals surface area contributed by atoms with Crippen LogP contribution < -0.4 is 5.32 Å². The van der Waals surface area contributed by atoms with Crippen molar-refractivity contribution >= 4 is 0 Å². The van der Waals surface area contributed by atoms with Crippen molar-refractivity contribution in [1.29, 1.82) is 0 Å². The van der Waals surface area contributed by atoms with Crippen molar-refractivity contribution in [2.45, 2.75) is 64.6 Å². The van der Waals surface area contributed by atoms with Gasteiger partial charge < -0.3 is 14.8 Å². The summed E-state index contributed by atoms with van der Waals surface area (Å²) in [6.45, 7) is 11.7. The summed E-state index contributed by atoms with van der Waals surface area (Å²) in [5, 5.41) is 3.77. The normalized spacial score (nSPS) is 36.4. The van der Waals surface area contributed by atoms with E-state index in [0.717, 1.165) is 39.1 Å². The molecule has 2 heterocycles. The number of nitrogens with one attached hydrogen (secondary N) is 1. The summed E-state index contributed by atoms with van der Waals surface area (Å²) in [4.78, 5) is 0. The monoisotopic (exact) mass is 241 g/mol. The van der Waals surface area contributed by atoms with Crippen molar-refractivity contribution in [2.24, 2.45) is 5.41 Å². The van der Waals surface area contributed by atoms with Gasteiger partial charge in [-0.05, 0) is 25.2 Å². The second-order valence-electron chi connectivity index (χ2n) is 6.78. The number of ether oxygens (including phenoxy) is 2. The van der Waals surface area contributed by atoms with E-state index in [1.807, 2.05) is 0 Å². The lowest BCUT2D eigenvalue weighted by atomic mass is 9.85. The smallest absolute Gasteiger partial charge is 0.0951 e. The first-order chi connectivity index (χ1) is 7.91. The van der Waals surface area contributed by atoms with Crippen LogP contribution in [-0.4, -0.2) is 37.5 Å². The van der Waals surface area contributed by atoms with Gasteiger partial charge >= 0.3 is 0 Å².